The molecule has 0 N–H and O–H groups in total. The van der Waals surface area contributed by atoms with Crippen molar-refractivity contribution in [3.05, 3.63) is 23.2 Å². The fourth-order valence-corrected chi connectivity index (χ4v) is 2.08. The van der Waals surface area contributed by atoms with Crippen LogP contribution in [0.15, 0.2) is 10.7 Å². The van der Waals surface area contributed by atoms with Gasteiger partial charge in [-0.3, -0.25) is 0 Å². The molecule has 1 aliphatic carbocycles. The van der Waals surface area contributed by atoms with Crippen molar-refractivity contribution in [3.63, 3.8) is 0 Å². The number of furan rings is 1. The summed E-state index contributed by atoms with van der Waals surface area (Å²) in [6, 6.07) is 0. The smallest absolute Gasteiger partial charge is 0.107 e. The zero-order chi connectivity index (χ0) is 8.55. The van der Waals surface area contributed by atoms with Gasteiger partial charge in [0.15, 0.2) is 0 Å². The molecule has 0 fully saturated rings. The summed E-state index contributed by atoms with van der Waals surface area (Å²) in [6.45, 7) is 4.44. The van der Waals surface area contributed by atoms with Crippen LogP contribution in [0.5, 0.6) is 0 Å². The van der Waals surface area contributed by atoms with Gasteiger partial charge in [0, 0.05) is 6.42 Å². The first kappa shape index (κ1) is 7.90. The number of rotatable bonds is 1. The normalized spacial score (nSPS) is 22.3. The molecule has 1 aromatic heterocycles. The lowest BCUT2D eigenvalue weighted by molar-refractivity contribution is 0.396. The minimum atomic E-state index is 0.897. The molecule has 1 aliphatic rings. The highest BCUT2D eigenvalue weighted by Crippen LogP contribution is 2.30. The molecule has 12 heavy (non-hydrogen) atoms. The molecule has 0 spiro atoms. The average Bonchev–Trinajstić information content (AvgIpc) is 2.47. The number of aryl methyl sites for hydroxylation is 2. The van der Waals surface area contributed by atoms with E-state index < -0.39 is 0 Å². The Morgan fingerprint density at radius 1 is 1.58 bits per heavy atom. The van der Waals surface area contributed by atoms with Gasteiger partial charge in [-0.2, -0.15) is 0 Å². The SMILES string of the molecule is CCC1CCc2occ(C)c2C1. The highest BCUT2D eigenvalue weighted by Gasteiger charge is 2.21. The molecular weight excluding hydrogens is 148 g/mol. The summed E-state index contributed by atoms with van der Waals surface area (Å²) in [7, 11) is 0. The largest absolute Gasteiger partial charge is 0.469 e. The van der Waals surface area contributed by atoms with Crippen molar-refractivity contribution in [1.82, 2.24) is 0 Å². The Balaban J connectivity index is 2.26. The van der Waals surface area contributed by atoms with E-state index in [1.807, 2.05) is 6.26 Å². The van der Waals surface area contributed by atoms with Gasteiger partial charge in [0.25, 0.3) is 0 Å². The van der Waals surface area contributed by atoms with Crippen LogP contribution < -0.4 is 0 Å². The van der Waals surface area contributed by atoms with Crippen LogP contribution >= 0.6 is 0 Å². The van der Waals surface area contributed by atoms with Crippen molar-refractivity contribution in [2.75, 3.05) is 0 Å². The van der Waals surface area contributed by atoms with Crippen LogP contribution in [0.3, 0.4) is 0 Å². The molecule has 0 saturated heterocycles. The molecule has 1 heterocycles. The van der Waals surface area contributed by atoms with E-state index in [-0.39, 0.29) is 0 Å². The number of fused-ring (bicyclic) bond motifs is 1. The molecule has 66 valence electrons. The lowest BCUT2D eigenvalue weighted by Gasteiger charge is -2.19. The van der Waals surface area contributed by atoms with Gasteiger partial charge in [-0.05, 0) is 36.8 Å². The molecule has 0 bridgehead atoms. The molecule has 0 aromatic carbocycles. The van der Waals surface area contributed by atoms with E-state index in [0.717, 1.165) is 12.3 Å². The van der Waals surface area contributed by atoms with Crippen molar-refractivity contribution in [3.8, 4) is 0 Å². The predicted octanol–water partition coefficient (Wildman–Crippen LogP) is 3.10. The van der Waals surface area contributed by atoms with E-state index in [9.17, 15) is 0 Å². The minimum absolute atomic E-state index is 0.897. The second kappa shape index (κ2) is 2.96. The first-order valence-electron chi connectivity index (χ1n) is 4.87. The fourth-order valence-electron chi connectivity index (χ4n) is 2.08. The third-order valence-electron chi connectivity index (χ3n) is 3.04. The minimum Gasteiger partial charge on any atom is -0.469 e. The molecule has 1 heteroatoms. The monoisotopic (exact) mass is 164 g/mol. The zero-order valence-corrected chi connectivity index (χ0v) is 7.89. The van der Waals surface area contributed by atoms with E-state index in [0.29, 0.717) is 0 Å². The highest BCUT2D eigenvalue weighted by molar-refractivity contribution is 5.29. The first-order chi connectivity index (χ1) is 5.81. The van der Waals surface area contributed by atoms with Crippen molar-refractivity contribution in [1.29, 1.82) is 0 Å². The van der Waals surface area contributed by atoms with Gasteiger partial charge in [-0.25, -0.2) is 0 Å². The van der Waals surface area contributed by atoms with Crippen LogP contribution in [0, 0.1) is 12.8 Å². The second-order valence-electron chi connectivity index (χ2n) is 3.84. The summed E-state index contributed by atoms with van der Waals surface area (Å²) in [4.78, 5) is 0. The standard InChI is InChI=1S/C11H16O/c1-3-9-4-5-11-10(6-9)8(2)7-12-11/h7,9H,3-6H2,1-2H3. The maximum Gasteiger partial charge on any atom is 0.107 e. The zero-order valence-electron chi connectivity index (χ0n) is 7.89. The summed E-state index contributed by atoms with van der Waals surface area (Å²) in [6.07, 6.45) is 6.93. The first-order valence-corrected chi connectivity index (χ1v) is 4.87. The van der Waals surface area contributed by atoms with E-state index >= 15 is 0 Å². The average molecular weight is 164 g/mol. The van der Waals surface area contributed by atoms with Gasteiger partial charge in [-0.1, -0.05) is 13.3 Å². The molecular formula is C11H16O. The van der Waals surface area contributed by atoms with Crippen LogP contribution in [0.1, 0.15) is 36.7 Å². The molecule has 1 unspecified atom stereocenters. The van der Waals surface area contributed by atoms with Crippen molar-refractivity contribution < 1.29 is 4.42 Å². The Morgan fingerprint density at radius 3 is 3.17 bits per heavy atom. The van der Waals surface area contributed by atoms with Crippen LogP contribution in [-0.2, 0) is 12.8 Å². The Labute approximate surface area is 73.8 Å². The summed E-state index contributed by atoms with van der Waals surface area (Å²) in [5.41, 5.74) is 2.84. The summed E-state index contributed by atoms with van der Waals surface area (Å²) in [5, 5.41) is 0. The highest BCUT2D eigenvalue weighted by atomic mass is 16.3. The number of hydrogen-bond donors (Lipinski definition) is 0. The predicted molar refractivity (Wildman–Crippen MR) is 49.3 cm³/mol. The van der Waals surface area contributed by atoms with Gasteiger partial charge < -0.3 is 4.42 Å². The molecule has 1 aromatic rings. The van der Waals surface area contributed by atoms with Crippen LogP contribution in [0.25, 0.3) is 0 Å². The Bertz CT molecular complexity index is 273. The quantitative estimate of drug-likeness (QED) is 0.621. The molecule has 0 aliphatic heterocycles. The topological polar surface area (TPSA) is 13.1 Å². The van der Waals surface area contributed by atoms with Gasteiger partial charge in [-0.15, -0.1) is 0 Å². The lowest BCUT2D eigenvalue weighted by Crippen LogP contribution is -2.12. The molecule has 2 rings (SSSR count). The molecule has 0 saturated carbocycles. The van der Waals surface area contributed by atoms with Crippen LogP contribution in [-0.4, -0.2) is 0 Å². The van der Waals surface area contributed by atoms with Gasteiger partial charge in [0.05, 0.1) is 6.26 Å². The third kappa shape index (κ3) is 1.17. The Kier molecular flexibility index (Phi) is 1.95. The molecule has 1 nitrogen and oxygen atoms in total. The van der Waals surface area contributed by atoms with Crippen LogP contribution in [0.4, 0.5) is 0 Å². The maximum absolute atomic E-state index is 5.48. The molecule has 0 radical (unpaired) electrons. The fraction of sp³-hybridized carbons (Fsp3) is 0.636. The van der Waals surface area contributed by atoms with Gasteiger partial charge >= 0.3 is 0 Å². The van der Waals surface area contributed by atoms with E-state index in [4.69, 9.17) is 4.42 Å². The van der Waals surface area contributed by atoms with E-state index in [1.54, 1.807) is 0 Å². The summed E-state index contributed by atoms with van der Waals surface area (Å²) < 4.78 is 5.48. The molecule has 0 amide bonds. The third-order valence-corrected chi connectivity index (χ3v) is 3.04. The molecule has 1 atom stereocenters. The van der Waals surface area contributed by atoms with Gasteiger partial charge in [0.2, 0.25) is 0 Å². The lowest BCUT2D eigenvalue weighted by atomic mass is 9.85. The van der Waals surface area contributed by atoms with Crippen molar-refractivity contribution in [2.24, 2.45) is 5.92 Å². The Hall–Kier alpha value is -0.720. The second-order valence-corrected chi connectivity index (χ2v) is 3.84. The maximum atomic E-state index is 5.48. The van der Waals surface area contributed by atoms with E-state index in [1.165, 1.54) is 36.1 Å². The van der Waals surface area contributed by atoms with Gasteiger partial charge in [0.1, 0.15) is 5.76 Å². The summed E-state index contributed by atoms with van der Waals surface area (Å²) in [5.74, 6) is 2.14. The van der Waals surface area contributed by atoms with Crippen molar-refractivity contribution >= 4 is 0 Å². The van der Waals surface area contributed by atoms with E-state index in [2.05, 4.69) is 13.8 Å². The Morgan fingerprint density at radius 2 is 2.42 bits per heavy atom. The summed E-state index contributed by atoms with van der Waals surface area (Å²) >= 11 is 0. The van der Waals surface area contributed by atoms with Crippen molar-refractivity contribution in [2.45, 2.75) is 39.5 Å². The van der Waals surface area contributed by atoms with Crippen LogP contribution in [0.2, 0.25) is 0 Å². The number of hydrogen-bond acceptors (Lipinski definition) is 1.